The largest absolute Gasteiger partial charge is 0.381 e. The molecule has 0 aliphatic heterocycles. The molecule has 3 rings (SSSR count). The predicted molar refractivity (Wildman–Crippen MR) is 103 cm³/mol. The van der Waals surface area contributed by atoms with E-state index < -0.39 is 0 Å². The molecule has 1 heterocycles. The summed E-state index contributed by atoms with van der Waals surface area (Å²) in [6.07, 6.45) is 7.90. The van der Waals surface area contributed by atoms with Gasteiger partial charge in [-0.15, -0.1) is 0 Å². The highest BCUT2D eigenvalue weighted by Crippen LogP contribution is 2.32. The molecule has 5 heteroatoms. The van der Waals surface area contributed by atoms with Crippen molar-refractivity contribution in [3.05, 3.63) is 34.4 Å². The lowest BCUT2D eigenvalue weighted by atomic mass is 9.90. The molecular weight excluding hydrogens is 366 g/mol. The van der Waals surface area contributed by atoms with E-state index in [0.29, 0.717) is 18.5 Å². The van der Waals surface area contributed by atoms with Crippen LogP contribution in [0.25, 0.3) is 10.9 Å². The maximum absolute atomic E-state index is 11.1. The van der Waals surface area contributed by atoms with Crippen LogP contribution in [0.4, 0.5) is 5.69 Å². The molecule has 4 nitrogen and oxygen atoms in total. The van der Waals surface area contributed by atoms with Gasteiger partial charge in [0.25, 0.3) is 0 Å². The second kappa shape index (κ2) is 7.62. The molecule has 0 bridgehead atoms. The van der Waals surface area contributed by atoms with Gasteiger partial charge in [-0.3, -0.25) is 4.98 Å². The lowest BCUT2D eigenvalue weighted by Gasteiger charge is -2.34. The van der Waals surface area contributed by atoms with Crippen LogP contribution < -0.4 is 5.32 Å². The summed E-state index contributed by atoms with van der Waals surface area (Å²) in [6.45, 7) is 0. The number of aldehydes is 1. The zero-order chi connectivity index (χ0) is 17.1. The summed E-state index contributed by atoms with van der Waals surface area (Å²) >= 11 is 3.55. The van der Waals surface area contributed by atoms with Gasteiger partial charge in [0.15, 0.2) is 0 Å². The average Bonchev–Trinajstić information content (AvgIpc) is 2.57. The first-order valence-electron chi connectivity index (χ1n) is 8.52. The van der Waals surface area contributed by atoms with Crippen molar-refractivity contribution in [2.24, 2.45) is 0 Å². The zero-order valence-corrected chi connectivity index (χ0v) is 15.8. The monoisotopic (exact) mass is 389 g/mol. The van der Waals surface area contributed by atoms with Crippen LogP contribution in [-0.2, 0) is 11.2 Å². The average molecular weight is 390 g/mol. The summed E-state index contributed by atoms with van der Waals surface area (Å²) in [5, 5.41) is 4.81. The minimum Gasteiger partial charge on any atom is -0.381 e. The molecular formula is C19H24BrN3O. The summed E-state index contributed by atoms with van der Waals surface area (Å²) in [7, 11) is 4.32. The number of nitrogens with one attached hydrogen (secondary N) is 1. The summed E-state index contributed by atoms with van der Waals surface area (Å²) < 4.78 is 1.03. The van der Waals surface area contributed by atoms with Crippen LogP contribution in [0, 0.1) is 0 Å². The number of rotatable bonds is 5. The van der Waals surface area contributed by atoms with Gasteiger partial charge in [-0.25, -0.2) is 0 Å². The number of hydrogen-bond acceptors (Lipinski definition) is 4. The standard InChI is InChI=1S/C19H24BrN3O/c1-23(2)16-6-4-15(5-7-16)22-19-13(9-10-24)12-21-18-8-3-14(20)11-17(18)19/h3,8,10-12,15-16H,4-7,9H2,1-2H3,(H,21,22). The van der Waals surface area contributed by atoms with Crippen molar-refractivity contribution in [1.29, 1.82) is 0 Å². The number of benzene rings is 1. The molecule has 0 spiro atoms. The van der Waals surface area contributed by atoms with Crippen LogP contribution in [0.5, 0.6) is 0 Å². The van der Waals surface area contributed by atoms with Crippen molar-refractivity contribution in [1.82, 2.24) is 9.88 Å². The molecule has 1 saturated carbocycles. The van der Waals surface area contributed by atoms with Crippen LogP contribution in [0.15, 0.2) is 28.9 Å². The molecule has 1 N–H and O–H groups in total. The van der Waals surface area contributed by atoms with E-state index in [1.165, 1.54) is 12.8 Å². The van der Waals surface area contributed by atoms with Gasteiger partial charge in [0, 0.05) is 45.8 Å². The predicted octanol–water partition coefficient (Wildman–Crippen LogP) is 4.02. The van der Waals surface area contributed by atoms with E-state index in [2.05, 4.69) is 51.3 Å². The number of nitrogens with zero attached hydrogens (tertiary/aromatic N) is 2. The van der Waals surface area contributed by atoms with Gasteiger partial charge in [-0.2, -0.15) is 0 Å². The number of pyridine rings is 1. The van der Waals surface area contributed by atoms with Crippen LogP contribution in [0.1, 0.15) is 31.2 Å². The Balaban J connectivity index is 1.88. The summed E-state index contributed by atoms with van der Waals surface area (Å²) in [5.41, 5.74) is 3.00. The topological polar surface area (TPSA) is 45.2 Å². The van der Waals surface area contributed by atoms with E-state index in [1.807, 2.05) is 18.3 Å². The van der Waals surface area contributed by atoms with Crippen LogP contribution in [0.2, 0.25) is 0 Å². The second-order valence-electron chi connectivity index (χ2n) is 6.80. The molecule has 0 radical (unpaired) electrons. The molecule has 0 amide bonds. The van der Waals surface area contributed by atoms with E-state index in [9.17, 15) is 4.79 Å². The number of aromatic nitrogens is 1. The quantitative estimate of drug-likeness (QED) is 0.784. The first-order valence-corrected chi connectivity index (χ1v) is 9.31. The minimum absolute atomic E-state index is 0.394. The Morgan fingerprint density at radius 3 is 2.71 bits per heavy atom. The van der Waals surface area contributed by atoms with Gasteiger partial charge < -0.3 is 15.0 Å². The highest BCUT2D eigenvalue weighted by atomic mass is 79.9. The lowest BCUT2D eigenvalue weighted by molar-refractivity contribution is -0.107. The van der Waals surface area contributed by atoms with Gasteiger partial charge in [0.05, 0.1) is 5.52 Å². The Kier molecular flexibility index (Phi) is 5.51. The number of carbonyl (C=O) groups is 1. The van der Waals surface area contributed by atoms with Crippen molar-refractivity contribution < 1.29 is 4.79 Å². The van der Waals surface area contributed by atoms with E-state index in [-0.39, 0.29) is 0 Å². The second-order valence-corrected chi connectivity index (χ2v) is 7.72. The zero-order valence-electron chi connectivity index (χ0n) is 14.3. The molecule has 0 unspecified atom stereocenters. The van der Waals surface area contributed by atoms with Crippen molar-refractivity contribution in [3.8, 4) is 0 Å². The summed E-state index contributed by atoms with van der Waals surface area (Å²) in [6, 6.07) is 7.24. The number of carbonyl (C=O) groups excluding carboxylic acids is 1. The Hall–Kier alpha value is -1.46. The van der Waals surface area contributed by atoms with Crippen LogP contribution in [-0.4, -0.2) is 42.3 Å². The maximum atomic E-state index is 11.1. The molecule has 1 aliphatic rings. The van der Waals surface area contributed by atoms with E-state index in [4.69, 9.17) is 0 Å². The highest BCUT2D eigenvalue weighted by molar-refractivity contribution is 9.10. The Morgan fingerprint density at radius 1 is 1.29 bits per heavy atom. The highest BCUT2D eigenvalue weighted by Gasteiger charge is 2.23. The SMILES string of the molecule is CN(C)C1CCC(Nc2c(CC=O)cnc3ccc(Br)cc23)CC1. The number of halogens is 1. The van der Waals surface area contributed by atoms with E-state index >= 15 is 0 Å². The third-order valence-corrected chi connectivity index (χ3v) is 5.48. The fraction of sp³-hybridized carbons (Fsp3) is 0.474. The first-order chi connectivity index (χ1) is 11.6. The molecule has 1 aromatic heterocycles. The van der Waals surface area contributed by atoms with Crippen molar-refractivity contribution in [3.63, 3.8) is 0 Å². The molecule has 2 aromatic rings. The number of fused-ring (bicyclic) bond motifs is 1. The lowest BCUT2D eigenvalue weighted by Crippen LogP contribution is -2.36. The van der Waals surface area contributed by atoms with Gasteiger partial charge in [-0.05, 0) is 58.0 Å². The van der Waals surface area contributed by atoms with Crippen LogP contribution >= 0.6 is 15.9 Å². The van der Waals surface area contributed by atoms with Crippen LogP contribution in [0.3, 0.4) is 0 Å². The van der Waals surface area contributed by atoms with Gasteiger partial charge in [-0.1, -0.05) is 15.9 Å². The fourth-order valence-electron chi connectivity index (χ4n) is 3.56. The minimum atomic E-state index is 0.394. The summed E-state index contributed by atoms with van der Waals surface area (Å²) in [4.78, 5) is 17.9. The summed E-state index contributed by atoms with van der Waals surface area (Å²) in [5.74, 6) is 0. The molecule has 0 saturated heterocycles. The fourth-order valence-corrected chi connectivity index (χ4v) is 3.92. The first kappa shape index (κ1) is 17.4. The van der Waals surface area contributed by atoms with E-state index in [1.54, 1.807) is 0 Å². The Labute approximate surface area is 151 Å². The molecule has 1 fully saturated rings. The third-order valence-electron chi connectivity index (χ3n) is 4.99. The molecule has 24 heavy (non-hydrogen) atoms. The van der Waals surface area contributed by atoms with Crippen molar-refractivity contribution >= 4 is 38.8 Å². The number of hydrogen-bond donors (Lipinski definition) is 1. The smallest absolute Gasteiger partial charge is 0.124 e. The number of anilines is 1. The molecule has 1 aromatic carbocycles. The maximum Gasteiger partial charge on any atom is 0.124 e. The van der Waals surface area contributed by atoms with Gasteiger partial charge in [0.1, 0.15) is 6.29 Å². The third kappa shape index (κ3) is 3.78. The van der Waals surface area contributed by atoms with Gasteiger partial charge >= 0.3 is 0 Å². The molecule has 128 valence electrons. The Bertz CT molecular complexity index is 724. The van der Waals surface area contributed by atoms with Crippen molar-refractivity contribution in [2.75, 3.05) is 19.4 Å². The van der Waals surface area contributed by atoms with Crippen molar-refractivity contribution in [2.45, 2.75) is 44.2 Å². The Morgan fingerprint density at radius 2 is 2.04 bits per heavy atom. The molecule has 0 atom stereocenters. The van der Waals surface area contributed by atoms with Gasteiger partial charge in [0.2, 0.25) is 0 Å². The normalized spacial score (nSPS) is 21.2. The van der Waals surface area contributed by atoms with E-state index in [0.717, 1.165) is 45.8 Å². The molecule has 1 aliphatic carbocycles.